The van der Waals surface area contributed by atoms with E-state index in [1.54, 1.807) is 68.4 Å². The van der Waals surface area contributed by atoms with E-state index in [0.29, 0.717) is 40.1 Å². The van der Waals surface area contributed by atoms with Crippen LogP contribution in [0.25, 0.3) is 11.1 Å². The summed E-state index contributed by atoms with van der Waals surface area (Å²) in [4.78, 5) is 43.4. The van der Waals surface area contributed by atoms with Gasteiger partial charge in [-0.1, -0.05) is 74.5 Å². The molecule has 3 aromatic carbocycles. The van der Waals surface area contributed by atoms with Crippen LogP contribution >= 0.6 is 0 Å². The zero-order valence-corrected chi connectivity index (χ0v) is 24.5. The van der Waals surface area contributed by atoms with Crippen molar-refractivity contribution in [1.29, 1.82) is 0 Å². The third-order valence-corrected chi connectivity index (χ3v) is 7.27. The summed E-state index contributed by atoms with van der Waals surface area (Å²) in [6.07, 6.45) is -2.29. The van der Waals surface area contributed by atoms with E-state index in [1.165, 1.54) is 18.3 Å². The van der Waals surface area contributed by atoms with Crippen molar-refractivity contribution in [3.63, 3.8) is 0 Å². The van der Waals surface area contributed by atoms with Gasteiger partial charge in [0.15, 0.2) is 0 Å². The van der Waals surface area contributed by atoms with Crippen LogP contribution in [0.5, 0.6) is 0 Å². The number of alkyl halides is 3. The van der Waals surface area contributed by atoms with E-state index < -0.39 is 23.7 Å². The number of halogens is 3. The maximum absolute atomic E-state index is 13.2. The maximum atomic E-state index is 13.2. The zero-order valence-electron chi connectivity index (χ0n) is 24.5. The molecule has 1 aromatic heterocycles. The number of pyridine rings is 1. The summed E-state index contributed by atoms with van der Waals surface area (Å²) in [6, 6.07) is 21.1. The molecule has 1 heterocycles. The van der Waals surface area contributed by atoms with Crippen molar-refractivity contribution in [2.45, 2.75) is 46.0 Å². The van der Waals surface area contributed by atoms with E-state index in [4.69, 9.17) is 0 Å². The Bertz CT molecular complexity index is 1620. The summed E-state index contributed by atoms with van der Waals surface area (Å²) in [6.45, 7) is 5.60. The zero-order chi connectivity index (χ0) is 31.9. The quantitative estimate of drug-likeness (QED) is 0.185. The average molecular weight is 603 g/mol. The minimum atomic E-state index is -4.46. The molecular formula is C34H33F3N4O3. The smallest absolute Gasteiger partial charge is 0.350 e. The van der Waals surface area contributed by atoms with E-state index in [2.05, 4.69) is 20.9 Å². The summed E-state index contributed by atoms with van der Waals surface area (Å²) in [7, 11) is 0. The lowest BCUT2D eigenvalue weighted by Crippen LogP contribution is -2.42. The van der Waals surface area contributed by atoms with Crippen LogP contribution in [0.15, 0.2) is 91.1 Å². The number of benzene rings is 3. The number of hydrogen-bond acceptors (Lipinski definition) is 4. The van der Waals surface area contributed by atoms with Gasteiger partial charge in [0, 0.05) is 24.2 Å². The van der Waals surface area contributed by atoms with Crippen LogP contribution in [0.1, 0.15) is 58.9 Å². The van der Waals surface area contributed by atoms with Crippen LogP contribution in [-0.2, 0) is 22.3 Å². The first-order chi connectivity index (χ1) is 21.0. The molecule has 0 aliphatic rings. The Labute approximate surface area is 253 Å². The first-order valence-electron chi connectivity index (χ1n) is 14.1. The molecule has 1 unspecified atom stereocenters. The Balaban J connectivity index is 1.45. The standard InChI is InChI=1S/C34H33F3N4O3/c1-4-21(2)31(42)40-29(25-10-6-5-7-11-25)33(44)39-20-23-18-22(3)30(38-19-23)41-32(43)28-13-9-8-12-27(28)24-14-16-26(17-15-24)34(35,36)37/h5-19,21,29H,4,20H2,1-3H3,(H,39,44)(H,40,42)(H,38,41,43)/t21?,29-/m0/s1. The minimum absolute atomic E-state index is 0.139. The van der Waals surface area contributed by atoms with Crippen LogP contribution in [0.3, 0.4) is 0 Å². The number of carbonyl (C=O) groups is 3. The molecule has 0 aliphatic heterocycles. The summed E-state index contributed by atoms with van der Waals surface area (Å²) in [5.41, 5.74) is 2.42. The molecule has 3 amide bonds. The molecule has 0 spiro atoms. The van der Waals surface area contributed by atoms with Gasteiger partial charge in [0.25, 0.3) is 5.91 Å². The maximum Gasteiger partial charge on any atom is 0.416 e. The lowest BCUT2D eigenvalue weighted by Gasteiger charge is -2.21. The second kappa shape index (κ2) is 14.0. The van der Waals surface area contributed by atoms with Crippen molar-refractivity contribution in [1.82, 2.24) is 15.6 Å². The molecule has 44 heavy (non-hydrogen) atoms. The second-order valence-corrected chi connectivity index (χ2v) is 10.5. The molecule has 10 heteroatoms. The van der Waals surface area contributed by atoms with E-state index in [9.17, 15) is 27.6 Å². The third-order valence-electron chi connectivity index (χ3n) is 7.27. The van der Waals surface area contributed by atoms with E-state index >= 15 is 0 Å². The fourth-order valence-electron chi connectivity index (χ4n) is 4.51. The molecule has 228 valence electrons. The highest BCUT2D eigenvalue weighted by Crippen LogP contribution is 2.32. The van der Waals surface area contributed by atoms with E-state index in [0.717, 1.165) is 12.1 Å². The average Bonchev–Trinajstić information content (AvgIpc) is 3.03. The molecule has 0 radical (unpaired) electrons. The van der Waals surface area contributed by atoms with Gasteiger partial charge in [-0.2, -0.15) is 13.2 Å². The van der Waals surface area contributed by atoms with E-state index in [1.807, 2.05) is 13.0 Å². The Morgan fingerprint density at radius 1 is 0.886 bits per heavy atom. The first kappa shape index (κ1) is 31.9. The molecule has 4 rings (SSSR count). The molecule has 0 aliphatic carbocycles. The molecule has 0 fully saturated rings. The molecule has 2 atom stereocenters. The highest BCUT2D eigenvalue weighted by Gasteiger charge is 2.30. The number of aryl methyl sites for hydroxylation is 1. The van der Waals surface area contributed by atoms with Gasteiger partial charge in [0.2, 0.25) is 11.8 Å². The lowest BCUT2D eigenvalue weighted by molar-refractivity contribution is -0.137. The Kier molecular flexibility index (Phi) is 10.2. The highest BCUT2D eigenvalue weighted by atomic mass is 19.4. The minimum Gasteiger partial charge on any atom is -0.350 e. The van der Waals surface area contributed by atoms with Crippen LogP contribution in [0, 0.1) is 12.8 Å². The van der Waals surface area contributed by atoms with Crippen LogP contribution in [0.4, 0.5) is 19.0 Å². The fourth-order valence-corrected chi connectivity index (χ4v) is 4.51. The molecule has 7 nitrogen and oxygen atoms in total. The summed E-state index contributed by atoms with van der Waals surface area (Å²) in [5.74, 6) is -1.00. The number of nitrogens with zero attached hydrogens (tertiary/aromatic N) is 1. The van der Waals surface area contributed by atoms with Crippen molar-refractivity contribution in [3.05, 3.63) is 119 Å². The summed E-state index contributed by atoms with van der Waals surface area (Å²) >= 11 is 0. The largest absolute Gasteiger partial charge is 0.416 e. The predicted octanol–water partition coefficient (Wildman–Crippen LogP) is 6.85. The number of anilines is 1. The van der Waals surface area contributed by atoms with Gasteiger partial charge in [-0.15, -0.1) is 0 Å². The lowest BCUT2D eigenvalue weighted by atomic mass is 9.98. The number of aromatic nitrogens is 1. The van der Waals surface area contributed by atoms with Crippen molar-refractivity contribution >= 4 is 23.5 Å². The molecule has 0 saturated heterocycles. The molecule has 3 N–H and O–H groups in total. The Morgan fingerprint density at radius 2 is 1.55 bits per heavy atom. The number of amides is 3. The Morgan fingerprint density at radius 3 is 2.18 bits per heavy atom. The summed E-state index contributed by atoms with van der Waals surface area (Å²) < 4.78 is 39.0. The van der Waals surface area contributed by atoms with Gasteiger partial charge in [0.1, 0.15) is 11.9 Å². The number of carbonyl (C=O) groups excluding carboxylic acids is 3. The predicted molar refractivity (Wildman–Crippen MR) is 162 cm³/mol. The Hall–Kier alpha value is -4.99. The molecule has 0 saturated carbocycles. The van der Waals surface area contributed by atoms with Crippen LogP contribution < -0.4 is 16.0 Å². The number of nitrogens with one attached hydrogen (secondary N) is 3. The number of rotatable bonds is 10. The van der Waals surface area contributed by atoms with Crippen molar-refractivity contribution in [2.75, 3.05) is 5.32 Å². The molecule has 4 aromatic rings. The molecular weight excluding hydrogens is 569 g/mol. The normalized spacial score (nSPS) is 12.6. The van der Waals surface area contributed by atoms with Crippen LogP contribution in [-0.4, -0.2) is 22.7 Å². The second-order valence-electron chi connectivity index (χ2n) is 10.5. The van der Waals surface area contributed by atoms with Gasteiger partial charge in [-0.05, 0) is 65.4 Å². The van der Waals surface area contributed by atoms with Crippen molar-refractivity contribution in [2.24, 2.45) is 5.92 Å². The van der Waals surface area contributed by atoms with Gasteiger partial charge >= 0.3 is 6.18 Å². The monoisotopic (exact) mass is 602 g/mol. The van der Waals surface area contributed by atoms with Gasteiger partial charge < -0.3 is 16.0 Å². The highest BCUT2D eigenvalue weighted by molar-refractivity contribution is 6.08. The van der Waals surface area contributed by atoms with Gasteiger partial charge in [-0.3, -0.25) is 14.4 Å². The van der Waals surface area contributed by atoms with E-state index in [-0.39, 0.29) is 29.8 Å². The topological polar surface area (TPSA) is 100 Å². The first-order valence-corrected chi connectivity index (χ1v) is 14.1. The third kappa shape index (κ3) is 7.89. The molecule has 0 bridgehead atoms. The number of hydrogen-bond donors (Lipinski definition) is 3. The van der Waals surface area contributed by atoms with Gasteiger partial charge in [-0.25, -0.2) is 4.98 Å². The summed E-state index contributed by atoms with van der Waals surface area (Å²) in [5, 5.41) is 8.48. The SMILES string of the molecule is CCC(C)C(=O)N[C@H](C(=O)NCc1cnc(NC(=O)c2ccccc2-c2ccc(C(F)(F)F)cc2)c(C)c1)c1ccccc1. The van der Waals surface area contributed by atoms with Crippen LogP contribution in [0.2, 0.25) is 0 Å². The van der Waals surface area contributed by atoms with Gasteiger partial charge in [0.05, 0.1) is 5.56 Å². The van der Waals surface area contributed by atoms with Crippen molar-refractivity contribution < 1.29 is 27.6 Å². The van der Waals surface area contributed by atoms with Crippen molar-refractivity contribution in [3.8, 4) is 11.1 Å². The fraction of sp³-hybridized carbons (Fsp3) is 0.235.